The van der Waals surface area contributed by atoms with Crippen molar-refractivity contribution >= 4 is 11.3 Å². The average molecular weight is 281 g/mol. The van der Waals surface area contributed by atoms with Crippen molar-refractivity contribution in [2.45, 2.75) is 13.3 Å². The Bertz CT molecular complexity index is 767. The van der Waals surface area contributed by atoms with E-state index >= 15 is 0 Å². The molecule has 5 nitrogen and oxygen atoms in total. The van der Waals surface area contributed by atoms with Crippen LogP contribution in [0.1, 0.15) is 18.2 Å². The van der Waals surface area contributed by atoms with Crippen LogP contribution >= 0.6 is 11.3 Å². The van der Waals surface area contributed by atoms with E-state index in [2.05, 4.69) is 33.2 Å². The molecule has 98 valence electrons. The van der Waals surface area contributed by atoms with Gasteiger partial charge in [-0.3, -0.25) is 10.1 Å². The normalized spacial score (nSPS) is 10.4. The van der Waals surface area contributed by atoms with Crippen molar-refractivity contribution in [1.29, 1.82) is 5.26 Å². The summed E-state index contributed by atoms with van der Waals surface area (Å²) in [5, 5.41) is 16.0. The molecule has 3 aromatic rings. The van der Waals surface area contributed by atoms with Crippen LogP contribution in [0.25, 0.3) is 21.1 Å². The van der Waals surface area contributed by atoms with Crippen LogP contribution in [0, 0.1) is 11.3 Å². The lowest BCUT2D eigenvalue weighted by Crippen LogP contribution is -1.86. The summed E-state index contributed by atoms with van der Waals surface area (Å²) < 4.78 is 0. The lowest BCUT2D eigenvalue weighted by atomic mass is 10.1. The van der Waals surface area contributed by atoms with Crippen LogP contribution in [-0.4, -0.2) is 20.2 Å². The van der Waals surface area contributed by atoms with E-state index in [-0.39, 0.29) is 0 Å². The molecule has 0 aliphatic carbocycles. The molecular formula is C14H11N5S. The van der Waals surface area contributed by atoms with E-state index in [1.54, 1.807) is 6.20 Å². The Morgan fingerprint density at radius 1 is 1.35 bits per heavy atom. The Hall–Kier alpha value is -2.52. The maximum absolute atomic E-state index is 9.31. The third kappa shape index (κ3) is 2.19. The van der Waals surface area contributed by atoms with Crippen molar-refractivity contribution in [3.05, 3.63) is 42.0 Å². The highest BCUT2D eigenvalue weighted by atomic mass is 32.1. The SMILES string of the molecule is CCc1cc(-c2sc(-c3ncn[nH]3)cc2C#N)ccn1. The van der Waals surface area contributed by atoms with E-state index in [1.807, 2.05) is 18.2 Å². The fourth-order valence-corrected chi connectivity index (χ4v) is 2.99. The quantitative estimate of drug-likeness (QED) is 0.800. The molecule has 0 radical (unpaired) electrons. The molecule has 3 heterocycles. The molecule has 0 spiro atoms. The number of thiophene rings is 1. The zero-order chi connectivity index (χ0) is 13.9. The topological polar surface area (TPSA) is 78.2 Å². The van der Waals surface area contributed by atoms with Crippen molar-refractivity contribution in [1.82, 2.24) is 20.2 Å². The summed E-state index contributed by atoms with van der Waals surface area (Å²) in [4.78, 5) is 10.3. The predicted octanol–water partition coefficient (Wildman–Crippen LogP) is 3.03. The van der Waals surface area contributed by atoms with Crippen molar-refractivity contribution in [2.24, 2.45) is 0 Å². The summed E-state index contributed by atoms with van der Waals surface area (Å²) in [6.45, 7) is 2.06. The Labute approximate surface area is 120 Å². The Kier molecular flexibility index (Phi) is 3.27. The smallest absolute Gasteiger partial charge is 0.165 e. The molecule has 0 aliphatic heterocycles. The maximum atomic E-state index is 9.31. The van der Waals surface area contributed by atoms with E-state index in [0.717, 1.165) is 27.4 Å². The Morgan fingerprint density at radius 3 is 2.95 bits per heavy atom. The van der Waals surface area contributed by atoms with Gasteiger partial charge in [0.25, 0.3) is 0 Å². The van der Waals surface area contributed by atoms with Gasteiger partial charge in [-0.2, -0.15) is 10.4 Å². The number of nitrogens with one attached hydrogen (secondary N) is 1. The molecule has 3 rings (SSSR count). The first-order valence-corrected chi connectivity index (χ1v) is 6.98. The Balaban J connectivity index is 2.11. The number of aryl methyl sites for hydroxylation is 1. The summed E-state index contributed by atoms with van der Waals surface area (Å²) in [6, 6.07) is 8.03. The van der Waals surface area contributed by atoms with Gasteiger partial charge in [-0.15, -0.1) is 11.3 Å². The third-order valence-corrected chi connectivity index (χ3v) is 4.13. The summed E-state index contributed by atoms with van der Waals surface area (Å²) in [7, 11) is 0. The van der Waals surface area contributed by atoms with Crippen LogP contribution in [-0.2, 0) is 6.42 Å². The molecule has 0 saturated carbocycles. The lowest BCUT2D eigenvalue weighted by Gasteiger charge is -2.01. The highest BCUT2D eigenvalue weighted by molar-refractivity contribution is 7.19. The molecular weight excluding hydrogens is 270 g/mol. The molecule has 0 aliphatic rings. The largest absolute Gasteiger partial charge is 0.261 e. The maximum Gasteiger partial charge on any atom is 0.165 e. The summed E-state index contributed by atoms with van der Waals surface area (Å²) in [5.41, 5.74) is 2.68. The minimum Gasteiger partial charge on any atom is -0.261 e. The number of rotatable bonds is 3. The second-order valence-corrected chi connectivity index (χ2v) is 5.24. The van der Waals surface area contributed by atoms with Crippen molar-refractivity contribution < 1.29 is 0 Å². The van der Waals surface area contributed by atoms with Crippen LogP contribution in [0.4, 0.5) is 0 Å². The first-order valence-electron chi connectivity index (χ1n) is 6.16. The minimum absolute atomic E-state index is 0.648. The monoisotopic (exact) mass is 281 g/mol. The number of hydrogen-bond donors (Lipinski definition) is 1. The van der Waals surface area contributed by atoms with Crippen molar-refractivity contribution in [3.63, 3.8) is 0 Å². The zero-order valence-electron chi connectivity index (χ0n) is 10.8. The number of aromatic amines is 1. The predicted molar refractivity (Wildman–Crippen MR) is 77.0 cm³/mol. The summed E-state index contributed by atoms with van der Waals surface area (Å²) in [5.74, 6) is 0.683. The van der Waals surface area contributed by atoms with Gasteiger partial charge in [-0.05, 0) is 30.2 Å². The van der Waals surface area contributed by atoms with Crippen LogP contribution in [0.3, 0.4) is 0 Å². The zero-order valence-corrected chi connectivity index (χ0v) is 11.6. The van der Waals surface area contributed by atoms with Crippen LogP contribution in [0.15, 0.2) is 30.7 Å². The summed E-state index contributed by atoms with van der Waals surface area (Å²) >= 11 is 1.53. The molecule has 0 fully saturated rings. The van der Waals surface area contributed by atoms with Gasteiger partial charge in [-0.25, -0.2) is 4.98 Å². The van der Waals surface area contributed by atoms with Gasteiger partial charge in [0.1, 0.15) is 12.4 Å². The van der Waals surface area contributed by atoms with Crippen LogP contribution in [0.2, 0.25) is 0 Å². The Morgan fingerprint density at radius 2 is 2.25 bits per heavy atom. The van der Waals surface area contributed by atoms with Gasteiger partial charge in [0.2, 0.25) is 0 Å². The summed E-state index contributed by atoms with van der Waals surface area (Å²) in [6.07, 6.45) is 4.11. The first kappa shape index (κ1) is 12.5. The molecule has 20 heavy (non-hydrogen) atoms. The molecule has 0 unspecified atom stereocenters. The number of pyridine rings is 1. The number of H-pyrrole nitrogens is 1. The van der Waals surface area contributed by atoms with Crippen LogP contribution < -0.4 is 0 Å². The number of nitrogens with zero attached hydrogens (tertiary/aromatic N) is 4. The van der Waals surface area contributed by atoms with E-state index in [9.17, 15) is 5.26 Å². The molecule has 1 N–H and O–H groups in total. The lowest BCUT2D eigenvalue weighted by molar-refractivity contribution is 1.04. The molecule has 0 bridgehead atoms. The number of hydrogen-bond acceptors (Lipinski definition) is 5. The van der Waals surface area contributed by atoms with Gasteiger partial charge in [0.15, 0.2) is 5.82 Å². The van der Waals surface area contributed by atoms with Crippen molar-refractivity contribution in [2.75, 3.05) is 0 Å². The van der Waals surface area contributed by atoms with Crippen LogP contribution in [0.5, 0.6) is 0 Å². The number of aromatic nitrogens is 4. The van der Waals surface area contributed by atoms with Gasteiger partial charge < -0.3 is 0 Å². The van der Waals surface area contributed by atoms with Gasteiger partial charge in [0, 0.05) is 11.9 Å². The third-order valence-electron chi connectivity index (χ3n) is 2.94. The highest BCUT2D eigenvalue weighted by Crippen LogP contribution is 2.36. The molecule has 6 heteroatoms. The standard InChI is InChI=1S/C14H11N5S/c1-2-11-5-9(3-4-16-11)13-10(7-15)6-12(20-13)14-17-8-18-19-14/h3-6,8H,2H2,1H3,(H,17,18,19). The molecule has 0 atom stereocenters. The molecule has 0 amide bonds. The van der Waals surface area contributed by atoms with E-state index in [4.69, 9.17) is 0 Å². The molecule has 3 aromatic heterocycles. The highest BCUT2D eigenvalue weighted by Gasteiger charge is 2.14. The van der Waals surface area contributed by atoms with E-state index < -0.39 is 0 Å². The fraction of sp³-hybridized carbons (Fsp3) is 0.143. The van der Waals surface area contributed by atoms with Crippen molar-refractivity contribution in [3.8, 4) is 27.2 Å². The molecule has 0 aromatic carbocycles. The second kappa shape index (κ2) is 5.23. The fourth-order valence-electron chi connectivity index (χ4n) is 1.94. The van der Waals surface area contributed by atoms with Gasteiger partial charge in [-0.1, -0.05) is 6.92 Å². The van der Waals surface area contributed by atoms with E-state index in [0.29, 0.717) is 11.4 Å². The van der Waals surface area contributed by atoms with Gasteiger partial charge >= 0.3 is 0 Å². The minimum atomic E-state index is 0.648. The van der Waals surface area contributed by atoms with Gasteiger partial charge in [0.05, 0.1) is 15.3 Å². The second-order valence-electron chi connectivity index (χ2n) is 4.19. The number of nitriles is 1. The van der Waals surface area contributed by atoms with E-state index in [1.165, 1.54) is 17.7 Å². The first-order chi connectivity index (χ1) is 9.81. The molecule has 0 saturated heterocycles. The average Bonchev–Trinajstić information content (AvgIpc) is 3.15.